The van der Waals surface area contributed by atoms with Crippen LogP contribution in [0.1, 0.15) is 72.6 Å². The molecule has 0 fully saturated rings. The van der Waals surface area contributed by atoms with E-state index >= 15 is 0 Å². The summed E-state index contributed by atoms with van der Waals surface area (Å²) < 4.78 is 5.73. The topological polar surface area (TPSA) is 20.2 Å². The number of hydrogen-bond acceptors (Lipinski definition) is 1. The van der Waals surface area contributed by atoms with E-state index in [1.54, 1.807) is 13.3 Å². The fraction of sp³-hybridized carbons (Fsp3) is 1.00. The zero-order valence-electron chi connectivity index (χ0n) is 16.7. The zero-order chi connectivity index (χ0) is 17.2. The summed E-state index contributed by atoms with van der Waals surface area (Å²) in [5.41, 5.74) is 0. The van der Waals surface area contributed by atoms with Crippen molar-refractivity contribution in [1.82, 2.24) is 0 Å². The molecular weight excluding hydrogens is 391 g/mol. The van der Waals surface area contributed by atoms with Crippen LogP contribution in [0.15, 0.2) is 0 Å². The van der Waals surface area contributed by atoms with Gasteiger partial charge >= 0.3 is 147 Å². The predicted molar refractivity (Wildman–Crippen MR) is 108 cm³/mol. The van der Waals surface area contributed by atoms with E-state index in [0.717, 1.165) is 9.98 Å². The molecule has 0 radical (unpaired) electrons. The van der Waals surface area contributed by atoms with Gasteiger partial charge in [0.15, 0.2) is 0 Å². The van der Waals surface area contributed by atoms with Gasteiger partial charge in [0.2, 0.25) is 0 Å². The molecule has 0 aliphatic heterocycles. The fourth-order valence-corrected chi connectivity index (χ4v) is 42.4. The van der Waals surface area contributed by atoms with Gasteiger partial charge in [-0.1, -0.05) is 0 Å². The summed E-state index contributed by atoms with van der Waals surface area (Å²) >= 11 is -2.19. The van der Waals surface area contributed by atoms with Crippen LogP contribution in [-0.4, -0.2) is 37.7 Å². The van der Waals surface area contributed by atoms with Gasteiger partial charge in [0.05, 0.1) is 0 Å². The van der Waals surface area contributed by atoms with Gasteiger partial charge in [-0.2, -0.15) is 0 Å². The second-order valence-corrected chi connectivity index (χ2v) is 29.8. The first-order valence-electron chi connectivity index (χ1n) is 9.91. The number of unbranched alkanes of at least 4 members (excludes halogenated alkanes) is 3. The van der Waals surface area contributed by atoms with Gasteiger partial charge in [-0.25, -0.2) is 0 Å². The van der Waals surface area contributed by atoms with Crippen molar-refractivity contribution in [2.45, 2.75) is 115 Å². The molecule has 0 aliphatic rings. The molecule has 0 aliphatic carbocycles. The molecule has 0 saturated heterocycles. The fourth-order valence-electron chi connectivity index (χ4n) is 4.35. The molecule has 1 N–H and O–H groups in total. The average molecular weight is 435 g/mol. The Morgan fingerprint density at radius 1 is 0.818 bits per heavy atom. The van der Waals surface area contributed by atoms with Gasteiger partial charge in [-0.15, -0.1) is 0 Å². The van der Waals surface area contributed by atoms with Crippen molar-refractivity contribution < 1.29 is 5.11 Å². The van der Waals surface area contributed by atoms with Crippen molar-refractivity contribution in [3.8, 4) is 0 Å². The van der Waals surface area contributed by atoms with Crippen molar-refractivity contribution in [3.05, 3.63) is 0 Å². The quantitative estimate of drug-likeness (QED) is 0.314. The van der Waals surface area contributed by atoms with Crippen molar-refractivity contribution >= 4 is 26.5 Å². The second-order valence-electron chi connectivity index (χ2n) is 8.68. The third-order valence-electron chi connectivity index (χ3n) is 5.45. The van der Waals surface area contributed by atoms with Crippen molar-refractivity contribution in [2.24, 2.45) is 0 Å². The molecule has 0 aromatic carbocycles. The van der Waals surface area contributed by atoms with Crippen LogP contribution in [0, 0.1) is 0 Å². The third-order valence-corrected chi connectivity index (χ3v) is 35.7. The maximum atomic E-state index is 10.2. The molecule has 134 valence electrons. The molecule has 0 aromatic heterocycles. The number of hydrogen-bond donors (Lipinski definition) is 1. The molecular formula is C19H44OSiSn. The van der Waals surface area contributed by atoms with Crippen LogP contribution in [0.2, 0.25) is 36.5 Å². The number of aliphatic hydroxyl groups is 1. The van der Waals surface area contributed by atoms with Crippen LogP contribution in [-0.2, 0) is 0 Å². The van der Waals surface area contributed by atoms with Crippen LogP contribution in [0.5, 0.6) is 0 Å². The molecule has 0 spiro atoms. The Morgan fingerprint density at radius 3 is 1.41 bits per heavy atom. The van der Waals surface area contributed by atoms with Crippen LogP contribution in [0.25, 0.3) is 0 Å². The molecule has 0 unspecified atom stereocenters. The second kappa shape index (κ2) is 11.5. The normalized spacial score (nSPS) is 15.8. The predicted octanol–water partition coefficient (Wildman–Crippen LogP) is 6.85. The van der Waals surface area contributed by atoms with Gasteiger partial charge in [0.25, 0.3) is 0 Å². The van der Waals surface area contributed by atoms with Gasteiger partial charge in [-0.05, 0) is 0 Å². The number of aliphatic hydroxyl groups excluding tert-OH is 1. The summed E-state index contributed by atoms with van der Waals surface area (Å²) in [7, 11) is -1.20. The average Bonchev–Trinajstić information content (AvgIpc) is 2.43. The summed E-state index contributed by atoms with van der Waals surface area (Å²) in [5, 5.41) is 10.2. The molecule has 0 bridgehead atoms. The van der Waals surface area contributed by atoms with Crippen LogP contribution >= 0.6 is 0 Å². The molecule has 1 nitrogen and oxygen atoms in total. The molecule has 22 heavy (non-hydrogen) atoms. The minimum absolute atomic E-state index is 0.0994. The summed E-state index contributed by atoms with van der Waals surface area (Å²) in [4.78, 5) is 0. The van der Waals surface area contributed by atoms with Gasteiger partial charge in [0.1, 0.15) is 0 Å². The van der Waals surface area contributed by atoms with Gasteiger partial charge in [0, 0.05) is 0 Å². The maximum absolute atomic E-state index is 10.2. The van der Waals surface area contributed by atoms with Crippen LogP contribution < -0.4 is 0 Å². The first kappa shape index (κ1) is 23.0. The number of rotatable bonds is 13. The standard InChI is InChI=1S/C7H17OSi.3C4H9.Sn/c1-7(8)5-6-9(2,3)4;3*1-3-4-2;/h6-8H,5H2,1-4H3;3*1,3-4H2,2H3;/t7-;;;;/m1..../s1. The first-order valence-corrected chi connectivity index (χ1v) is 21.2. The zero-order valence-corrected chi connectivity index (χ0v) is 20.5. The van der Waals surface area contributed by atoms with Crippen molar-refractivity contribution in [3.63, 3.8) is 0 Å². The molecule has 0 amide bonds. The Bertz CT molecular complexity index is 251. The molecule has 0 heterocycles. The van der Waals surface area contributed by atoms with E-state index in [1.165, 1.54) is 38.5 Å². The van der Waals surface area contributed by atoms with Crippen molar-refractivity contribution in [1.29, 1.82) is 0 Å². The van der Waals surface area contributed by atoms with E-state index in [4.69, 9.17) is 0 Å². The minimum atomic E-state index is -2.19. The third kappa shape index (κ3) is 8.19. The molecule has 0 saturated carbocycles. The molecule has 3 heteroatoms. The van der Waals surface area contributed by atoms with E-state index in [2.05, 4.69) is 40.4 Å². The molecule has 2 atom stereocenters. The van der Waals surface area contributed by atoms with Crippen LogP contribution in [0.4, 0.5) is 0 Å². The van der Waals surface area contributed by atoms with Crippen LogP contribution in [0.3, 0.4) is 0 Å². The Kier molecular flexibility index (Phi) is 12.0. The van der Waals surface area contributed by atoms with E-state index in [-0.39, 0.29) is 6.10 Å². The first-order chi connectivity index (χ1) is 10.2. The van der Waals surface area contributed by atoms with E-state index in [0.29, 0.717) is 0 Å². The summed E-state index contributed by atoms with van der Waals surface area (Å²) in [6, 6.07) is 0. The van der Waals surface area contributed by atoms with Gasteiger partial charge in [-0.3, -0.25) is 0 Å². The van der Waals surface area contributed by atoms with Gasteiger partial charge < -0.3 is 0 Å². The van der Waals surface area contributed by atoms with E-state index in [1.807, 2.05) is 6.92 Å². The SMILES string of the molecule is CCC[CH2][Sn]([CH2]CCC)([CH2]CCC)[C@@H](C[C@@H](C)O)[Si](C)(C)C. The molecule has 0 aromatic rings. The Hall–Kier alpha value is 0.976. The van der Waals surface area contributed by atoms with Crippen molar-refractivity contribution in [2.75, 3.05) is 0 Å². The monoisotopic (exact) mass is 436 g/mol. The summed E-state index contributed by atoms with van der Waals surface area (Å²) in [6.45, 7) is 16.8. The molecule has 0 rings (SSSR count). The summed E-state index contributed by atoms with van der Waals surface area (Å²) in [5.74, 6) is 0. The Morgan fingerprint density at radius 2 is 1.18 bits per heavy atom. The summed E-state index contributed by atoms with van der Waals surface area (Å²) in [6.07, 6.45) is 9.41. The Labute approximate surface area is 146 Å². The Balaban J connectivity index is 5.54. The van der Waals surface area contributed by atoms with E-state index in [9.17, 15) is 5.11 Å². The van der Waals surface area contributed by atoms with E-state index < -0.39 is 26.5 Å².